The molecule has 1 aromatic carbocycles. The van der Waals surface area contributed by atoms with Crippen LogP contribution in [0.4, 0.5) is 8.78 Å². The summed E-state index contributed by atoms with van der Waals surface area (Å²) in [5, 5.41) is 3.07. The molecule has 4 nitrogen and oxygen atoms in total. The molecule has 0 amide bonds. The molecule has 0 spiro atoms. The molecule has 0 aromatic heterocycles. The van der Waals surface area contributed by atoms with Crippen molar-refractivity contribution in [3.05, 3.63) is 29.8 Å². The molecule has 0 aliphatic carbocycles. The molecule has 1 aromatic rings. The lowest BCUT2D eigenvalue weighted by Gasteiger charge is -2.17. The normalized spacial score (nSPS) is 12.0. The van der Waals surface area contributed by atoms with Gasteiger partial charge in [-0.15, -0.1) is 0 Å². The zero-order chi connectivity index (χ0) is 15.7. The van der Waals surface area contributed by atoms with Gasteiger partial charge >= 0.3 is 5.97 Å². The largest absolute Gasteiger partial charge is 0.493 e. The fourth-order valence-electron chi connectivity index (χ4n) is 1.73. The van der Waals surface area contributed by atoms with E-state index in [1.807, 2.05) is 6.92 Å². The lowest BCUT2D eigenvalue weighted by molar-refractivity contribution is -0.146. The topological polar surface area (TPSA) is 47.6 Å². The summed E-state index contributed by atoms with van der Waals surface area (Å²) in [5.74, 6) is -1.98. The minimum Gasteiger partial charge on any atom is -0.493 e. The highest BCUT2D eigenvalue weighted by Crippen LogP contribution is 2.15. The number of rotatable bonds is 9. The maximum Gasteiger partial charge on any atom is 0.323 e. The Morgan fingerprint density at radius 3 is 2.67 bits per heavy atom. The lowest BCUT2D eigenvalue weighted by atomic mass is 10.2. The molecule has 1 N–H and O–H groups in total. The van der Waals surface area contributed by atoms with Gasteiger partial charge in [0, 0.05) is 12.5 Å². The highest BCUT2D eigenvalue weighted by Gasteiger charge is 2.18. The van der Waals surface area contributed by atoms with E-state index in [1.165, 1.54) is 6.07 Å². The van der Waals surface area contributed by atoms with Crippen LogP contribution in [-0.4, -0.2) is 31.8 Å². The van der Waals surface area contributed by atoms with Crippen LogP contribution in [-0.2, 0) is 9.53 Å². The van der Waals surface area contributed by atoms with Gasteiger partial charge in [-0.25, -0.2) is 8.78 Å². The summed E-state index contributed by atoms with van der Waals surface area (Å²) >= 11 is 0. The maximum absolute atomic E-state index is 13.0. The molecule has 0 radical (unpaired) electrons. The van der Waals surface area contributed by atoms with Crippen LogP contribution in [0, 0.1) is 11.6 Å². The van der Waals surface area contributed by atoms with Crippen molar-refractivity contribution in [2.45, 2.75) is 32.7 Å². The Labute approximate surface area is 123 Å². The van der Waals surface area contributed by atoms with E-state index >= 15 is 0 Å². The van der Waals surface area contributed by atoms with Gasteiger partial charge in [-0.2, -0.15) is 0 Å². The Morgan fingerprint density at radius 2 is 2.05 bits per heavy atom. The van der Waals surface area contributed by atoms with E-state index in [2.05, 4.69) is 5.32 Å². The number of benzene rings is 1. The van der Waals surface area contributed by atoms with Gasteiger partial charge in [-0.3, -0.25) is 4.79 Å². The third kappa shape index (κ3) is 6.08. The van der Waals surface area contributed by atoms with E-state index in [4.69, 9.17) is 9.47 Å². The summed E-state index contributed by atoms with van der Waals surface area (Å²) in [7, 11) is 0. The van der Waals surface area contributed by atoms with Crippen LogP contribution >= 0.6 is 0 Å². The van der Waals surface area contributed by atoms with Gasteiger partial charge in [0.25, 0.3) is 0 Å². The Bertz CT molecular complexity index is 455. The van der Waals surface area contributed by atoms with Crippen LogP contribution < -0.4 is 10.1 Å². The summed E-state index contributed by atoms with van der Waals surface area (Å²) < 4.78 is 36.1. The molecule has 0 saturated heterocycles. The van der Waals surface area contributed by atoms with Crippen molar-refractivity contribution in [2.75, 3.05) is 19.8 Å². The number of carbonyl (C=O) groups is 1. The fraction of sp³-hybridized carbons (Fsp3) is 0.533. The molecule has 1 atom stereocenters. The highest BCUT2D eigenvalue weighted by atomic mass is 19.2. The fourth-order valence-corrected chi connectivity index (χ4v) is 1.73. The lowest BCUT2D eigenvalue weighted by Crippen LogP contribution is -2.39. The molecule has 0 bridgehead atoms. The molecular formula is C15H21F2NO3. The summed E-state index contributed by atoms with van der Waals surface area (Å²) in [6.45, 7) is 4.94. The predicted molar refractivity (Wildman–Crippen MR) is 75.2 cm³/mol. The Balaban J connectivity index is 2.47. The van der Waals surface area contributed by atoms with Gasteiger partial charge in [0.2, 0.25) is 0 Å². The number of hydrogen-bond acceptors (Lipinski definition) is 4. The van der Waals surface area contributed by atoms with Crippen molar-refractivity contribution in [1.29, 1.82) is 0 Å². The summed E-state index contributed by atoms with van der Waals surface area (Å²) in [5.41, 5.74) is 0. The summed E-state index contributed by atoms with van der Waals surface area (Å²) in [4.78, 5) is 11.7. The van der Waals surface area contributed by atoms with Gasteiger partial charge in [-0.1, -0.05) is 6.92 Å². The minimum atomic E-state index is -0.960. The minimum absolute atomic E-state index is 0.200. The van der Waals surface area contributed by atoms with Crippen molar-refractivity contribution in [1.82, 2.24) is 5.32 Å². The van der Waals surface area contributed by atoms with E-state index in [0.29, 0.717) is 19.6 Å². The van der Waals surface area contributed by atoms with E-state index in [1.54, 1.807) is 6.92 Å². The van der Waals surface area contributed by atoms with E-state index in [0.717, 1.165) is 18.6 Å². The second kappa shape index (κ2) is 9.28. The molecule has 0 saturated carbocycles. The zero-order valence-corrected chi connectivity index (χ0v) is 12.3. The van der Waals surface area contributed by atoms with E-state index < -0.39 is 17.7 Å². The van der Waals surface area contributed by atoms with Gasteiger partial charge in [0.15, 0.2) is 11.6 Å². The van der Waals surface area contributed by atoms with Crippen molar-refractivity contribution < 1.29 is 23.0 Å². The van der Waals surface area contributed by atoms with Gasteiger partial charge < -0.3 is 14.8 Å². The van der Waals surface area contributed by atoms with Crippen LogP contribution in [0.5, 0.6) is 5.75 Å². The number of carbonyl (C=O) groups excluding carboxylic acids is 1. The second-order valence-corrected chi connectivity index (χ2v) is 4.47. The Hall–Kier alpha value is -1.69. The molecule has 0 fully saturated rings. The molecule has 0 aliphatic heterocycles. The predicted octanol–water partition coefficient (Wildman–Crippen LogP) is 2.67. The quantitative estimate of drug-likeness (QED) is 0.712. The molecule has 0 heterocycles. The van der Waals surface area contributed by atoms with Crippen LogP contribution in [0.15, 0.2) is 18.2 Å². The van der Waals surface area contributed by atoms with Crippen molar-refractivity contribution in [3.8, 4) is 5.75 Å². The van der Waals surface area contributed by atoms with Gasteiger partial charge in [-0.05, 0) is 32.0 Å². The Kier molecular flexibility index (Phi) is 7.68. The molecule has 1 rings (SSSR count). The summed E-state index contributed by atoms with van der Waals surface area (Å²) in [6.07, 6.45) is 1.28. The third-order valence-corrected chi connectivity index (χ3v) is 2.78. The average Bonchev–Trinajstić information content (AvgIpc) is 2.46. The first-order valence-electron chi connectivity index (χ1n) is 7.06. The van der Waals surface area contributed by atoms with Crippen LogP contribution in [0.3, 0.4) is 0 Å². The zero-order valence-electron chi connectivity index (χ0n) is 12.3. The molecular weight excluding hydrogens is 280 g/mol. The number of nitrogens with one attached hydrogen (secondary N) is 1. The van der Waals surface area contributed by atoms with Crippen LogP contribution in [0.2, 0.25) is 0 Å². The first kappa shape index (κ1) is 17.4. The average molecular weight is 301 g/mol. The standard InChI is InChI=1S/C15H21F2NO3/c1-3-8-18-14(15(19)20-4-2)7-9-21-11-5-6-12(16)13(17)10-11/h5-6,10,14,18H,3-4,7-9H2,1-2H3. The number of ether oxygens (including phenoxy) is 2. The third-order valence-electron chi connectivity index (χ3n) is 2.78. The Morgan fingerprint density at radius 1 is 1.29 bits per heavy atom. The maximum atomic E-state index is 13.0. The van der Waals surface area contributed by atoms with Crippen LogP contribution in [0.1, 0.15) is 26.7 Å². The van der Waals surface area contributed by atoms with Crippen molar-refractivity contribution in [3.63, 3.8) is 0 Å². The molecule has 6 heteroatoms. The smallest absolute Gasteiger partial charge is 0.323 e. The van der Waals surface area contributed by atoms with E-state index in [-0.39, 0.29) is 18.3 Å². The number of halogens is 2. The number of esters is 1. The first-order chi connectivity index (χ1) is 10.1. The summed E-state index contributed by atoms with van der Waals surface area (Å²) in [6, 6.07) is 2.86. The molecule has 118 valence electrons. The second-order valence-electron chi connectivity index (χ2n) is 4.47. The number of hydrogen-bond donors (Lipinski definition) is 1. The van der Waals surface area contributed by atoms with Crippen LogP contribution in [0.25, 0.3) is 0 Å². The molecule has 1 unspecified atom stereocenters. The SMILES string of the molecule is CCCNC(CCOc1ccc(F)c(F)c1)C(=O)OCC. The highest BCUT2D eigenvalue weighted by molar-refractivity contribution is 5.75. The van der Waals surface area contributed by atoms with Gasteiger partial charge in [0.05, 0.1) is 13.2 Å². The van der Waals surface area contributed by atoms with Gasteiger partial charge in [0.1, 0.15) is 11.8 Å². The van der Waals surface area contributed by atoms with E-state index in [9.17, 15) is 13.6 Å². The first-order valence-corrected chi connectivity index (χ1v) is 7.06. The van der Waals surface area contributed by atoms with Crippen molar-refractivity contribution in [2.24, 2.45) is 0 Å². The molecule has 0 aliphatic rings. The monoisotopic (exact) mass is 301 g/mol. The molecule has 21 heavy (non-hydrogen) atoms. The van der Waals surface area contributed by atoms with Crippen molar-refractivity contribution >= 4 is 5.97 Å².